The van der Waals surface area contributed by atoms with Gasteiger partial charge in [-0.1, -0.05) is 71.1 Å². The van der Waals surface area contributed by atoms with Crippen LogP contribution in [0.25, 0.3) is 27.3 Å². The molecule has 1 aromatic carbocycles. The van der Waals surface area contributed by atoms with Crippen molar-refractivity contribution in [1.29, 1.82) is 0 Å². The van der Waals surface area contributed by atoms with Gasteiger partial charge in [0.1, 0.15) is 0 Å². The summed E-state index contributed by atoms with van der Waals surface area (Å²) < 4.78 is 62.8. The predicted octanol–water partition coefficient (Wildman–Crippen LogP) is 6.13. The Hall–Kier alpha value is -2.91. The second kappa shape index (κ2) is 11.0. The molecule has 0 atom stereocenters. The first-order chi connectivity index (χ1) is 19.4. The third-order valence-corrected chi connectivity index (χ3v) is 6.58. The number of hydrogen-bond donors (Lipinski definition) is 0. The van der Waals surface area contributed by atoms with Crippen LogP contribution < -0.4 is 9.75 Å². The average molecular weight is 647 g/mol. The van der Waals surface area contributed by atoms with Crippen LogP contribution in [0.5, 0.6) is 0 Å². The SMILES string of the molecule is [2H]C([2H])([2H])c1ccc(C2=CC=CC[CH-]2)nc1.[2H]c1c(C([2H])([2H])[2H])cnc(C2=c3sc4ccccc4c3=CC[CH-]2)c1[2H].[Ir]. The smallest absolute Gasteiger partial charge is 0.0616 e. The number of rotatable bonds is 2. The molecule has 0 spiro atoms. The molecule has 0 aliphatic heterocycles. The Balaban J connectivity index is 0.000000207. The summed E-state index contributed by atoms with van der Waals surface area (Å²) in [5.74, 6) is 0. The van der Waals surface area contributed by atoms with Gasteiger partial charge in [0.15, 0.2) is 0 Å². The van der Waals surface area contributed by atoms with E-state index in [2.05, 4.69) is 40.7 Å². The summed E-state index contributed by atoms with van der Waals surface area (Å²) in [6.07, 6.45) is 16.5. The largest absolute Gasteiger partial charge is 0.320 e. The molecule has 4 heteroatoms. The van der Waals surface area contributed by atoms with Gasteiger partial charge in [-0.15, -0.1) is 17.7 Å². The Bertz CT molecular complexity index is 1790. The van der Waals surface area contributed by atoms with Crippen LogP contribution >= 0.6 is 11.3 Å². The first kappa shape index (κ1) is 15.9. The molecule has 0 bridgehead atoms. The van der Waals surface area contributed by atoms with Crippen molar-refractivity contribution in [2.45, 2.75) is 26.5 Å². The summed E-state index contributed by atoms with van der Waals surface area (Å²) in [6.45, 7) is -4.51. The van der Waals surface area contributed by atoms with Crippen molar-refractivity contribution >= 4 is 38.6 Å². The molecule has 0 N–H and O–H groups in total. The summed E-state index contributed by atoms with van der Waals surface area (Å²) in [5, 5.41) is 2.30. The third-order valence-electron chi connectivity index (χ3n) is 5.36. The predicted molar refractivity (Wildman–Crippen MR) is 141 cm³/mol. The first-order valence-corrected chi connectivity index (χ1v) is 11.5. The number of aryl methyl sites for hydroxylation is 2. The fraction of sp³-hybridized carbons (Fsp3) is 0.133. The third kappa shape index (κ3) is 5.25. The second-order valence-corrected chi connectivity index (χ2v) is 8.64. The van der Waals surface area contributed by atoms with E-state index in [9.17, 15) is 0 Å². The molecule has 0 unspecified atom stereocenters. The van der Waals surface area contributed by atoms with E-state index in [1.165, 1.54) is 17.8 Å². The minimum absolute atomic E-state index is 0. The van der Waals surface area contributed by atoms with E-state index in [0.717, 1.165) is 44.1 Å². The van der Waals surface area contributed by atoms with Crippen molar-refractivity contribution in [2.75, 3.05) is 0 Å². The quantitative estimate of drug-likeness (QED) is 0.245. The molecular weight excluding hydrogens is 613 g/mol. The van der Waals surface area contributed by atoms with Gasteiger partial charge >= 0.3 is 0 Å². The van der Waals surface area contributed by atoms with Crippen LogP contribution in [0.4, 0.5) is 0 Å². The number of allylic oxidation sites excluding steroid dienone is 4. The number of nitrogens with zero attached hydrogens (tertiary/aromatic N) is 2. The first-order valence-electron chi connectivity index (χ1n) is 14.6. The summed E-state index contributed by atoms with van der Waals surface area (Å²) >= 11 is 1.63. The summed E-state index contributed by atoms with van der Waals surface area (Å²) in [6, 6.07) is 11.1. The molecule has 34 heavy (non-hydrogen) atoms. The van der Waals surface area contributed by atoms with Gasteiger partial charge in [0, 0.05) is 45.4 Å². The molecule has 0 fully saturated rings. The molecule has 173 valence electrons. The Kier molecular flexibility index (Phi) is 5.15. The Morgan fingerprint density at radius 1 is 0.941 bits per heavy atom. The van der Waals surface area contributed by atoms with Crippen LogP contribution in [0.3, 0.4) is 0 Å². The molecular formula is C30H26IrN2S-2. The van der Waals surface area contributed by atoms with Crippen molar-refractivity contribution in [3.63, 3.8) is 0 Å². The van der Waals surface area contributed by atoms with Gasteiger partial charge in [0.2, 0.25) is 0 Å². The molecule has 0 saturated heterocycles. The topological polar surface area (TPSA) is 25.8 Å². The maximum Gasteiger partial charge on any atom is 0.0616 e. The molecule has 2 nitrogen and oxygen atoms in total. The maximum absolute atomic E-state index is 8.28. The van der Waals surface area contributed by atoms with E-state index in [4.69, 9.17) is 11.0 Å². The second-order valence-electron chi connectivity index (χ2n) is 7.59. The number of aromatic nitrogens is 2. The molecule has 1 radical (unpaired) electrons. The van der Waals surface area contributed by atoms with Gasteiger partial charge in [-0.25, -0.2) is 11.3 Å². The van der Waals surface area contributed by atoms with E-state index >= 15 is 0 Å². The van der Waals surface area contributed by atoms with Gasteiger partial charge in [0.05, 0.1) is 2.74 Å². The maximum atomic E-state index is 8.28. The molecule has 2 aliphatic carbocycles. The van der Waals surface area contributed by atoms with Gasteiger partial charge in [0.25, 0.3) is 0 Å². The van der Waals surface area contributed by atoms with E-state index < -0.39 is 13.7 Å². The van der Waals surface area contributed by atoms with E-state index in [-0.39, 0.29) is 43.3 Å². The number of hydrogen-bond acceptors (Lipinski definition) is 3. The van der Waals surface area contributed by atoms with Crippen molar-refractivity contribution in [3.05, 3.63) is 124 Å². The van der Waals surface area contributed by atoms with Crippen molar-refractivity contribution < 1.29 is 31.1 Å². The monoisotopic (exact) mass is 647 g/mol. The zero-order valence-corrected chi connectivity index (χ0v) is 21.3. The summed E-state index contributed by atoms with van der Waals surface area (Å²) in [7, 11) is 0. The van der Waals surface area contributed by atoms with Crippen LogP contribution in [0.1, 0.15) is 46.3 Å². The fourth-order valence-electron chi connectivity index (χ4n) is 3.78. The fourth-order valence-corrected chi connectivity index (χ4v) is 5.03. The zero-order chi connectivity index (χ0) is 29.4. The normalized spacial score (nSPS) is 18.0. The standard InChI is InChI=1S/C18H14NS.C12H12N.Ir/c1-12-9-10-16(19-11-12)15-7-4-6-14-13-5-2-3-8-17(13)20-18(14)15;1-10-7-8-12(13-9-10)11-5-3-2-4-6-11;/h2-3,5-11H,4H2,1H3;2-3,5-9H,4H2,1H3;/q2*-1;/i1D3,9D,10D;1D3;. The summed E-state index contributed by atoms with van der Waals surface area (Å²) in [5.41, 5.74) is 3.15. The van der Waals surface area contributed by atoms with Gasteiger partial charge in [-0.05, 0) is 47.7 Å². The van der Waals surface area contributed by atoms with Gasteiger partial charge in [-0.3, -0.25) is 0 Å². The van der Waals surface area contributed by atoms with Crippen LogP contribution in [-0.2, 0) is 20.1 Å². The summed E-state index contributed by atoms with van der Waals surface area (Å²) in [4.78, 5) is 8.43. The molecule has 4 aromatic rings. The van der Waals surface area contributed by atoms with Gasteiger partial charge in [-0.2, -0.15) is 24.5 Å². The molecule has 0 saturated carbocycles. The molecule has 3 heterocycles. The number of fused-ring (bicyclic) bond motifs is 3. The van der Waals surface area contributed by atoms with E-state index in [1.54, 1.807) is 23.5 Å². The molecule has 6 rings (SSSR count). The van der Waals surface area contributed by atoms with Crippen LogP contribution in [0, 0.1) is 26.5 Å². The number of thiophene rings is 1. The minimum Gasteiger partial charge on any atom is -0.320 e. The van der Waals surface area contributed by atoms with Crippen molar-refractivity contribution in [3.8, 4) is 0 Å². The van der Waals surface area contributed by atoms with Crippen LogP contribution in [0.15, 0.2) is 79.1 Å². The molecule has 3 aromatic heterocycles. The van der Waals surface area contributed by atoms with E-state index in [1.807, 2.05) is 30.7 Å². The Morgan fingerprint density at radius 2 is 1.79 bits per heavy atom. The molecule has 2 aliphatic rings. The molecule has 0 amide bonds. The minimum atomic E-state index is -2.43. The van der Waals surface area contributed by atoms with Gasteiger partial charge < -0.3 is 9.97 Å². The van der Waals surface area contributed by atoms with E-state index in [0.29, 0.717) is 5.69 Å². The number of benzene rings is 1. The van der Waals surface area contributed by atoms with Crippen LogP contribution in [0.2, 0.25) is 0 Å². The van der Waals surface area contributed by atoms with Crippen molar-refractivity contribution in [2.24, 2.45) is 0 Å². The zero-order valence-electron chi connectivity index (χ0n) is 26.1. The van der Waals surface area contributed by atoms with Crippen LogP contribution in [-0.4, -0.2) is 9.97 Å². The number of pyridine rings is 2. The Morgan fingerprint density at radius 3 is 2.59 bits per heavy atom. The average Bonchev–Trinajstić information content (AvgIpc) is 3.33. The van der Waals surface area contributed by atoms with Crippen molar-refractivity contribution in [1.82, 2.24) is 9.97 Å². The Labute approximate surface area is 230 Å².